The Morgan fingerprint density at radius 1 is 1.12 bits per heavy atom. The van der Waals surface area contributed by atoms with Crippen LogP contribution < -0.4 is 5.32 Å². The minimum atomic E-state index is -0.544. The second kappa shape index (κ2) is 9.37. The molecule has 0 saturated heterocycles. The van der Waals surface area contributed by atoms with Crippen LogP contribution in [-0.4, -0.2) is 12.4 Å². The van der Waals surface area contributed by atoms with Crippen molar-refractivity contribution in [3.05, 3.63) is 70.2 Å². The standard InChI is InChI=1S/C20H22BrNO3/c1-14(2)17(12-23)19(16-10-6-7-11-18(16)21)22-20(24)25-13-15-8-4-3-5-9-15/h3-12,14,17,19H,13H2,1-2H3,(H,22,24)/t17-,19-/m1/s1. The maximum Gasteiger partial charge on any atom is 0.407 e. The van der Waals surface area contributed by atoms with E-state index in [9.17, 15) is 9.59 Å². The first kappa shape index (κ1) is 19.2. The number of hydrogen-bond donors (Lipinski definition) is 1. The molecular weight excluding hydrogens is 382 g/mol. The topological polar surface area (TPSA) is 55.4 Å². The van der Waals surface area contributed by atoms with Gasteiger partial charge in [-0.05, 0) is 23.1 Å². The SMILES string of the molecule is CC(C)[C@@H](C=O)[C@H](NC(=O)OCc1ccccc1)c1ccccc1Br. The van der Waals surface area contributed by atoms with E-state index in [2.05, 4.69) is 21.2 Å². The third-order valence-electron chi connectivity index (χ3n) is 4.04. The van der Waals surface area contributed by atoms with Gasteiger partial charge in [-0.2, -0.15) is 0 Å². The molecule has 132 valence electrons. The minimum Gasteiger partial charge on any atom is -0.445 e. The summed E-state index contributed by atoms with van der Waals surface area (Å²) in [5, 5.41) is 2.85. The summed E-state index contributed by atoms with van der Waals surface area (Å²) < 4.78 is 6.16. The van der Waals surface area contributed by atoms with Gasteiger partial charge in [-0.3, -0.25) is 0 Å². The molecule has 0 bridgehead atoms. The quantitative estimate of drug-likeness (QED) is 0.669. The van der Waals surface area contributed by atoms with Gasteiger partial charge in [-0.1, -0.05) is 78.3 Å². The first-order chi connectivity index (χ1) is 12.0. The monoisotopic (exact) mass is 403 g/mol. The normalized spacial score (nSPS) is 13.1. The number of alkyl carbamates (subject to hydrolysis) is 1. The first-order valence-corrected chi connectivity index (χ1v) is 8.99. The van der Waals surface area contributed by atoms with Gasteiger partial charge < -0.3 is 14.8 Å². The Morgan fingerprint density at radius 3 is 2.36 bits per heavy atom. The van der Waals surface area contributed by atoms with E-state index >= 15 is 0 Å². The Kier molecular flexibility index (Phi) is 7.19. The number of aldehydes is 1. The van der Waals surface area contributed by atoms with Crippen molar-refractivity contribution >= 4 is 28.3 Å². The van der Waals surface area contributed by atoms with E-state index in [0.29, 0.717) is 0 Å². The lowest BCUT2D eigenvalue weighted by Gasteiger charge is -2.27. The van der Waals surface area contributed by atoms with Crippen molar-refractivity contribution < 1.29 is 14.3 Å². The average molecular weight is 404 g/mol. The number of nitrogens with one attached hydrogen (secondary N) is 1. The Hall–Kier alpha value is -2.14. The molecule has 5 heteroatoms. The van der Waals surface area contributed by atoms with Crippen LogP contribution in [-0.2, 0) is 16.1 Å². The summed E-state index contributed by atoms with van der Waals surface area (Å²) in [5.74, 6) is -0.285. The number of hydrogen-bond acceptors (Lipinski definition) is 3. The van der Waals surface area contributed by atoms with Crippen molar-refractivity contribution in [3.63, 3.8) is 0 Å². The molecule has 0 aromatic heterocycles. The lowest BCUT2D eigenvalue weighted by atomic mass is 9.85. The Balaban J connectivity index is 2.14. The van der Waals surface area contributed by atoms with E-state index in [0.717, 1.165) is 21.9 Å². The number of rotatable bonds is 7. The van der Waals surface area contributed by atoms with Gasteiger partial charge in [0.25, 0.3) is 0 Å². The van der Waals surface area contributed by atoms with Crippen molar-refractivity contribution in [1.29, 1.82) is 0 Å². The number of amides is 1. The summed E-state index contributed by atoms with van der Waals surface area (Å²) in [6.07, 6.45) is 0.351. The highest BCUT2D eigenvalue weighted by atomic mass is 79.9. The molecule has 2 rings (SSSR count). The Bertz CT molecular complexity index is 703. The van der Waals surface area contributed by atoms with Gasteiger partial charge in [0.1, 0.15) is 12.9 Å². The Labute approximate surface area is 156 Å². The largest absolute Gasteiger partial charge is 0.445 e. The smallest absolute Gasteiger partial charge is 0.407 e. The van der Waals surface area contributed by atoms with Crippen LogP contribution in [0.15, 0.2) is 59.1 Å². The van der Waals surface area contributed by atoms with Gasteiger partial charge in [0.15, 0.2) is 0 Å². The lowest BCUT2D eigenvalue weighted by molar-refractivity contribution is -0.113. The van der Waals surface area contributed by atoms with Crippen LogP contribution in [0, 0.1) is 11.8 Å². The molecule has 25 heavy (non-hydrogen) atoms. The van der Waals surface area contributed by atoms with Crippen molar-refractivity contribution in [2.24, 2.45) is 11.8 Å². The van der Waals surface area contributed by atoms with Crippen LogP contribution in [0.4, 0.5) is 4.79 Å². The predicted molar refractivity (Wildman–Crippen MR) is 101 cm³/mol. The Morgan fingerprint density at radius 2 is 1.76 bits per heavy atom. The molecule has 1 N–H and O–H groups in total. The zero-order valence-electron chi connectivity index (χ0n) is 14.3. The number of carbonyl (C=O) groups is 2. The molecule has 0 aliphatic carbocycles. The molecule has 0 aliphatic rings. The van der Waals surface area contributed by atoms with Crippen LogP contribution in [0.1, 0.15) is 31.0 Å². The molecule has 4 nitrogen and oxygen atoms in total. The molecule has 0 saturated carbocycles. The zero-order chi connectivity index (χ0) is 18.2. The van der Waals surface area contributed by atoms with Crippen LogP contribution in [0.3, 0.4) is 0 Å². The first-order valence-electron chi connectivity index (χ1n) is 8.20. The van der Waals surface area contributed by atoms with E-state index in [-0.39, 0.29) is 18.4 Å². The molecule has 0 heterocycles. The van der Waals surface area contributed by atoms with E-state index in [1.54, 1.807) is 0 Å². The molecule has 0 spiro atoms. The predicted octanol–water partition coefficient (Wildman–Crippen LogP) is 4.89. The summed E-state index contributed by atoms with van der Waals surface area (Å²) in [6.45, 7) is 4.10. The van der Waals surface area contributed by atoms with Gasteiger partial charge in [0.05, 0.1) is 6.04 Å². The van der Waals surface area contributed by atoms with Gasteiger partial charge in [-0.15, -0.1) is 0 Å². The van der Waals surface area contributed by atoms with E-state index in [4.69, 9.17) is 4.74 Å². The van der Waals surface area contributed by atoms with E-state index in [1.165, 1.54) is 0 Å². The lowest BCUT2D eigenvalue weighted by Crippen LogP contribution is -2.36. The molecule has 0 fully saturated rings. The summed E-state index contributed by atoms with van der Waals surface area (Å²) in [6, 6.07) is 16.6. The summed E-state index contributed by atoms with van der Waals surface area (Å²) >= 11 is 3.50. The van der Waals surface area contributed by atoms with E-state index in [1.807, 2.05) is 68.4 Å². The third-order valence-corrected chi connectivity index (χ3v) is 4.76. The van der Waals surface area contributed by atoms with Crippen molar-refractivity contribution in [2.75, 3.05) is 0 Å². The highest BCUT2D eigenvalue weighted by Gasteiger charge is 2.29. The highest BCUT2D eigenvalue weighted by Crippen LogP contribution is 2.31. The molecule has 2 atom stereocenters. The fourth-order valence-corrected chi connectivity index (χ4v) is 3.15. The van der Waals surface area contributed by atoms with Gasteiger partial charge in [-0.25, -0.2) is 4.79 Å². The van der Waals surface area contributed by atoms with Crippen molar-refractivity contribution in [3.8, 4) is 0 Å². The van der Waals surface area contributed by atoms with Crippen LogP contribution in [0.2, 0.25) is 0 Å². The second-order valence-electron chi connectivity index (χ2n) is 6.16. The number of carbonyl (C=O) groups excluding carboxylic acids is 2. The van der Waals surface area contributed by atoms with Crippen LogP contribution >= 0.6 is 15.9 Å². The van der Waals surface area contributed by atoms with Gasteiger partial charge >= 0.3 is 6.09 Å². The van der Waals surface area contributed by atoms with Gasteiger partial charge in [0, 0.05) is 10.4 Å². The average Bonchev–Trinajstić information content (AvgIpc) is 2.61. The summed E-state index contributed by atoms with van der Waals surface area (Å²) in [4.78, 5) is 23.9. The molecular formula is C20H22BrNO3. The number of benzene rings is 2. The summed E-state index contributed by atoms with van der Waals surface area (Å²) in [7, 11) is 0. The fraction of sp³-hybridized carbons (Fsp3) is 0.300. The molecule has 0 unspecified atom stereocenters. The molecule has 0 radical (unpaired) electrons. The third kappa shape index (κ3) is 5.43. The summed E-state index contributed by atoms with van der Waals surface area (Å²) in [5.41, 5.74) is 1.76. The molecule has 1 amide bonds. The molecule has 2 aromatic carbocycles. The second-order valence-corrected chi connectivity index (χ2v) is 7.02. The van der Waals surface area contributed by atoms with Crippen molar-refractivity contribution in [2.45, 2.75) is 26.5 Å². The number of ether oxygens (including phenoxy) is 1. The van der Waals surface area contributed by atoms with Crippen molar-refractivity contribution in [1.82, 2.24) is 5.32 Å². The maximum absolute atomic E-state index is 12.3. The highest BCUT2D eigenvalue weighted by molar-refractivity contribution is 9.10. The zero-order valence-corrected chi connectivity index (χ0v) is 15.9. The fourth-order valence-electron chi connectivity index (χ4n) is 2.62. The van der Waals surface area contributed by atoms with Gasteiger partial charge in [0.2, 0.25) is 0 Å². The molecule has 0 aliphatic heterocycles. The molecule has 2 aromatic rings. The van der Waals surface area contributed by atoms with Crippen LogP contribution in [0.25, 0.3) is 0 Å². The van der Waals surface area contributed by atoms with Crippen LogP contribution in [0.5, 0.6) is 0 Å². The van der Waals surface area contributed by atoms with E-state index < -0.39 is 12.1 Å². The maximum atomic E-state index is 12.3. The minimum absolute atomic E-state index is 0.0732. The number of halogens is 1.